The summed E-state index contributed by atoms with van der Waals surface area (Å²) in [5, 5.41) is 2.71. The van der Waals surface area contributed by atoms with Gasteiger partial charge in [-0.3, -0.25) is 4.79 Å². The van der Waals surface area contributed by atoms with Crippen molar-refractivity contribution in [1.82, 2.24) is 0 Å². The van der Waals surface area contributed by atoms with Crippen molar-refractivity contribution in [3.63, 3.8) is 0 Å². The molecule has 1 aromatic carbocycles. The van der Waals surface area contributed by atoms with E-state index in [9.17, 15) is 4.79 Å². The Hall–Kier alpha value is -1.55. The molecule has 0 atom stereocenters. The monoisotopic (exact) mass is 265 g/mol. The maximum absolute atomic E-state index is 10.9. The molecule has 0 fully saturated rings. The van der Waals surface area contributed by atoms with Crippen molar-refractivity contribution in [3.05, 3.63) is 24.3 Å². The first kappa shape index (κ1) is 15.5. The highest BCUT2D eigenvalue weighted by molar-refractivity contribution is 5.88. The van der Waals surface area contributed by atoms with Crippen LogP contribution in [-0.2, 0) is 9.53 Å². The van der Waals surface area contributed by atoms with Crippen LogP contribution in [0, 0.1) is 0 Å². The van der Waals surface area contributed by atoms with Gasteiger partial charge in [0.1, 0.15) is 5.75 Å². The van der Waals surface area contributed by atoms with E-state index in [0.717, 1.165) is 43.9 Å². The van der Waals surface area contributed by atoms with Crippen molar-refractivity contribution in [3.8, 4) is 5.75 Å². The van der Waals surface area contributed by atoms with Gasteiger partial charge in [0.2, 0.25) is 5.91 Å². The van der Waals surface area contributed by atoms with Crippen molar-refractivity contribution >= 4 is 11.6 Å². The zero-order valence-electron chi connectivity index (χ0n) is 11.8. The lowest BCUT2D eigenvalue weighted by Crippen LogP contribution is -2.06. The Bertz CT molecular complexity index is 362. The normalized spacial score (nSPS) is 10.2. The molecular weight excluding hydrogens is 242 g/mol. The molecule has 1 rings (SSSR count). The third-order valence-corrected chi connectivity index (χ3v) is 2.52. The molecule has 106 valence electrons. The Morgan fingerprint density at radius 1 is 1.11 bits per heavy atom. The number of hydrogen-bond donors (Lipinski definition) is 1. The zero-order valence-corrected chi connectivity index (χ0v) is 11.8. The average Bonchev–Trinajstić information content (AvgIpc) is 2.39. The first-order valence-electron chi connectivity index (χ1n) is 6.80. The molecule has 0 heterocycles. The predicted octanol–water partition coefficient (Wildman–Crippen LogP) is 3.23. The van der Waals surface area contributed by atoms with E-state index in [1.807, 2.05) is 24.3 Å². The van der Waals surface area contributed by atoms with Crippen LogP contribution in [0.1, 0.15) is 33.1 Å². The average molecular weight is 265 g/mol. The molecule has 4 heteroatoms. The fourth-order valence-electron chi connectivity index (χ4n) is 1.54. The summed E-state index contributed by atoms with van der Waals surface area (Å²) >= 11 is 0. The van der Waals surface area contributed by atoms with Gasteiger partial charge >= 0.3 is 0 Å². The minimum Gasteiger partial charge on any atom is -0.494 e. The molecule has 19 heavy (non-hydrogen) atoms. The number of benzene rings is 1. The number of carbonyl (C=O) groups excluding carboxylic acids is 1. The van der Waals surface area contributed by atoms with Crippen LogP contribution in [0.5, 0.6) is 5.75 Å². The lowest BCUT2D eigenvalue weighted by atomic mass is 10.3. The van der Waals surface area contributed by atoms with Crippen molar-refractivity contribution in [1.29, 1.82) is 0 Å². The van der Waals surface area contributed by atoms with Gasteiger partial charge in [-0.15, -0.1) is 0 Å². The number of anilines is 1. The van der Waals surface area contributed by atoms with Gasteiger partial charge in [-0.25, -0.2) is 0 Å². The number of rotatable bonds is 9. The molecule has 0 unspecified atom stereocenters. The second kappa shape index (κ2) is 9.39. The van der Waals surface area contributed by atoms with E-state index in [0.29, 0.717) is 6.61 Å². The number of unbranched alkanes of at least 4 members (excludes halogenated alkanes) is 1. The number of hydrogen-bond acceptors (Lipinski definition) is 3. The van der Waals surface area contributed by atoms with Crippen molar-refractivity contribution in [2.24, 2.45) is 0 Å². The first-order valence-corrected chi connectivity index (χ1v) is 6.80. The number of carbonyl (C=O) groups is 1. The summed E-state index contributed by atoms with van der Waals surface area (Å²) in [7, 11) is 0. The molecule has 0 bridgehead atoms. The summed E-state index contributed by atoms with van der Waals surface area (Å²) in [5.41, 5.74) is 0.780. The highest BCUT2D eigenvalue weighted by Crippen LogP contribution is 2.15. The molecule has 1 amide bonds. The fourth-order valence-corrected chi connectivity index (χ4v) is 1.54. The lowest BCUT2D eigenvalue weighted by Gasteiger charge is -2.08. The molecule has 0 aliphatic rings. The molecule has 4 nitrogen and oxygen atoms in total. The van der Waals surface area contributed by atoms with Crippen LogP contribution in [0.3, 0.4) is 0 Å². The molecule has 0 aliphatic heterocycles. The van der Waals surface area contributed by atoms with E-state index in [-0.39, 0.29) is 5.91 Å². The summed E-state index contributed by atoms with van der Waals surface area (Å²) < 4.78 is 11.0. The molecule has 1 N–H and O–H groups in total. The fraction of sp³-hybridized carbons (Fsp3) is 0.533. The van der Waals surface area contributed by atoms with Gasteiger partial charge in [-0.1, -0.05) is 13.3 Å². The van der Waals surface area contributed by atoms with Gasteiger partial charge in [0.15, 0.2) is 0 Å². The Labute approximate surface area is 115 Å². The van der Waals surface area contributed by atoms with Crippen LogP contribution in [-0.4, -0.2) is 25.7 Å². The van der Waals surface area contributed by atoms with Crippen LogP contribution >= 0.6 is 0 Å². The van der Waals surface area contributed by atoms with Crippen LogP contribution in [0.25, 0.3) is 0 Å². The minimum absolute atomic E-state index is 0.0714. The van der Waals surface area contributed by atoms with E-state index in [1.54, 1.807) is 0 Å². The molecule has 0 aromatic heterocycles. The lowest BCUT2D eigenvalue weighted by molar-refractivity contribution is -0.114. The minimum atomic E-state index is -0.0714. The molecule has 0 radical (unpaired) electrons. The molecular formula is C15H23NO3. The SMILES string of the molecule is CCCCOCCCOc1ccc(NC(C)=O)cc1. The Morgan fingerprint density at radius 3 is 2.42 bits per heavy atom. The van der Waals surface area contributed by atoms with Crippen LogP contribution < -0.4 is 10.1 Å². The zero-order chi connectivity index (χ0) is 13.9. The summed E-state index contributed by atoms with van der Waals surface area (Å²) in [6.45, 7) is 5.86. The summed E-state index contributed by atoms with van der Waals surface area (Å²) in [5.74, 6) is 0.737. The van der Waals surface area contributed by atoms with Crippen LogP contribution in [0.4, 0.5) is 5.69 Å². The number of nitrogens with one attached hydrogen (secondary N) is 1. The molecule has 0 spiro atoms. The third kappa shape index (κ3) is 7.47. The maximum atomic E-state index is 10.9. The maximum Gasteiger partial charge on any atom is 0.221 e. The quantitative estimate of drug-likeness (QED) is 0.697. The van der Waals surface area contributed by atoms with Crippen molar-refractivity contribution in [2.45, 2.75) is 33.1 Å². The van der Waals surface area contributed by atoms with Gasteiger partial charge < -0.3 is 14.8 Å². The Balaban J connectivity index is 2.14. The van der Waals surface area contributed by atoms with Gasteiger partial charge in [0.25, 0.3) is 0 Å². The number of ether oxygens (including phenoxy) is 2. The van der Waals surface area contributed by atoms with Crippen LogP contribution in [0.2, 0.25) is 0 Å². The van der Waals surface area contributed by atoms with Crippen LogP contribution in [0.15, 0.2) is 24.3 Å². The smallest absolute Gasteiger partial charge is 0.221 e. The standard InChI is InChI=1S/C15H23NO3/c1-3-4-10-18-11-5-12-19-15-8-6-14(7-9-15)16-13(2)17/h6-9H,3-5,10-12H2,1-2H3,(H,16,17). The predicted molar refractivity (Wildman–Crippen MR) is 76.6 cm³/mol. The van der Waals surface area contributed by atoms with E-state index in [4.69, 9.17) is 9.47 Å². The number of amides is 1. The molecule has 0 saturated heterocycles. The summed E-state index contributed by atoms with van der Waals surface area (Å²) in [6, 6.07) is 7.36. The highest BCUT2D eigenvalue weighted by Gasteiger charge is 1.97. The topological polar surface area (TPSA) is 47.6 Å². The van der Waals surface area contributed by atoms with E-state index >= 15 is 0 Å². The molecule has 0 saturated carbocycles. The summed E-state index contributed by atoms with van der Waals surface area (Å²) in [6.07, 6.45) is 3.17. The second-order valence-electron chi connectivity index (χ2n) is 4.37. The molecule has 0 aliphatic carbocycles. The first-order chi connectivity index (χ1) is 9.22. The van der Waals surface area contributed by atoms with Gasteiger partial charge in [0.05, 0.1) is 6.61 Å². The Kier molecular flexibility index (Phi) is 7.66. The van der Waals surface area contributed by atoms with E-state index in [2.05, 4.69) is 12.2 Å². The van der Waals surface area contributed by atoms with E-state index < -0.39 is 0 Å². The second-order valence-corrected chi connectivity index (χ2v) is 4.37. The largest absolute Gasteiger partial charge is 0.494 e. The van der Waals surface area contributed by atoms with Crippen molar-refractivity contribution < 1.29 is 14.3 Å². The summed E-state index contributed by atoms with van der Waals surface area (Å²) in [4.78, 5) is 10.9. The third-order valence-electron chi connectivity index (χ3n) is 2.52. The Morgan fingerprint density at radius 2 is 1.79 bits per heavy atom. The highest BCUT2D eigenvalue weighted by atomic mass is 16.5. The van der Waals surface area contributed by atoms with Gasteiger partial charge in [-0.05, 0) is 30.7 Å². The van der Waals surface area contributed by atoms with Gasteiger partial charge in [-0.2, -0.15) is 0 Å². The van der Waals surface area contributed by atoms with E-state index in [1.165, 1.54) is 6.92 Å². The molecule has 1 aromatic rings. The van der Waals surface area contributed by atoms with Gasteiger partial charge in [0, 0.05) is 32.2 Å². The van der Waals surface area contributed by atoms with Crippen molar-refractivity contribution in [2.75, 3.05) is 25.1 Å².